The van der Waals surface area contributed by atoms with E-state index in [9.17, 15) is 9.59 Å². The maximum absolute atomic E-state index is 14.1. The minimum absolute atomic E-state index is 0.0527. The molecule has 10 atom stereocenters. The van der Waals surface area contributed by atoms with Crippen LogP contribution in [0.3, 0.4) is 0 Å². The van der Waals surface area contributed by atoms with Crippen LogP contribution in [0.4, 0.5) is 0 Å². The van der Waals surface area contributed by atoms with E-state index in [1.54, 1.807) is 0 Å². The Morgan fingerprint density at radius 1 is 1.15 bits per heavy atom. The molecule has 4 aliphatic carbocycles. The number of carbonyl (C=O) groups excluding carboxylic acids is 2. The van der Waals surface area contributed by atoms with Gasteiger partial charge in [-0.05, 0) is 86.2 Å². The second kappa shape index (κ2) is 7.61. The summed E-state index contributed by atoms with van der Waals surface area (Å²) in [6, 6.07) is 0. The fourth-order valence-corrected chi connectivity index (χ4v) is 9.48. The van der Waals surface area contributed by atoms with Gasteiger partial charge in [-0.1, -0.05) is 20.8 Å². The SMILES string of the molecule is CC(=O)O[C@H]1CC[C@@]2(C)[C@@H](CC[C@@H]3[C@@H]2CC(=O)[C@@]2(C)[C@H]3C[C@@H]3OC(C4=C[C@@H](C)CO4)=C(C)[C@@H]32)C1. The fourth-order valence-electron chi connectivity index (χ4n) is 9.48. The van der Waals surface area contributed by atoms with Crippen molar-refractivity contribution < 1.29 is 23.8 Å². The Labute approximate surface area is 203 Å². The number of ether oxygens (including phenoxy) is 3. The molecule has 0 aromatic rings. The third-order valence-electron chi connectivity index (χ3n) is 11.1. The van der Waals surface area contributed by atoms with Crippen LogP contribution in [-0.4, -0.2) is 30.6 Å². The van der Waals surface area contributed by atoms with E-state index in [-0.39, 0.29) is 34.9 Å². The normalized spacial score (nSPS) is 49.3. The van der Waals surface area contributed by atoms with Crippen LogP contribution in [0, 0.1) is 46.3 Å². The van der Waals surface area contributed by atoms with Gasteiger partial charge in [-0.15, -0.1) is 0 Å². The molecule has 0 bridgehead atoms. The van der Waals surface area contributed by atoms with Crippen LogP contribution in [-0.2, 0) is 23.8 Å². The average molecular weight is 469 g/mol. The number of hydrogen-bond donors (Lipinski definition) is 0. The number of rotatable bonds is 2. The van der Waals surface area contributed by atoms with Gasteiger partial charge in [0.1, 0.15) is 18.0 Å². The minimum Gasteiger partial charge on any atom is -0.489 e. The van der Waals surface area contributed by atoms with Crippen molar-refractivity contribution in [2.45, 2.75) is 91.8 Å². The lowest BCUT2D eigenvalue weighted by Gasteiger charge is -2.60. The first kappa shape index (κ1) is 22.7. The predicted octanol–water partition coefficient (Wildman–Crippen LogP) is 5.59. The molecule has 0 unspecified atom stereocenters. The number of carbonyl (C=O) groups is 2. The van der Waals surface area contributed by atoms with Crippen molar-refractivity contribution in [2.24, 2.45) is 46.3 Å². The first-order valence-electron chi connectivity index (χ1n) is 13.6. The van der Waals surface area contributed by atoms with Gasteiger partial charge in [-0.25, -0.2) is 0 Å². The zero-order chi connectivity index (χ0) is 24.0. The zero-order valence-corrected chi connectivity index (χ0v) is 21.4. The highest BCUT2D eigenvalue weighted by Gasteiger charge is 2.68. The van der Waals surface area contributed by atoms with Crippen molar-refractivity contribution >= 4 is 11.8 Å². The highest BCUT2D eigenvalue weighted by Crippen LogP contribution is 2.69. The Morgan fingerprint density at radius 3 is 2.65 bits per heavy atom. The minimum atomic E-state index is -0.333. The van der Waals surface area contributed by atoms with Gasteiger partial charge in [0.05, 0.1) is 6.61 Å². The van der Waals surface area contributed by atoms with E-state index < -0.39 is 0 Å². The maximum Gasteiger partial charge on any atom is 0.302 e. The van der Waals surface area contributed by atoms with Gasteiger partial charge in [-0.3, -0.25) is 9.59 Å². The van der Waals surface area contributed by atoms with E-state index in [4.69, 9.17) is 14.2 Å². The molecule has 0 spiro atoms. The van der Waals surface area contributed by atoms with Gasteiger partial charge in [0.2, 0.25) is 0 Å². The number of Topliss-reactive ketones (excluding diaryl/α,β-unsaturated/α-hetero) is 1. The molecule has 0 saturated heterocycles. The summed E-state index contributed by atoms with van der Waals surface area (Å²) < 4.78 is 18.1. The van der Waals surface area contributed by atoms with Crippen LogP contribution >= 0.6 is 0 Å². The van der Waals surface area contributed by atoms with Gasteiger partial charge in [0.25, 0.3) is 0 Å². The van der Waals surface area contributed by atoms with Crippen molar-refractivity contribution in [3.8, 4) is 0 Å². The fraction of sp³-hybridized carbons (Fsp3) is 0.793. The topological polar surface area (TPSA) is 61.8 Å². The number of ketones is 1. The molecule has 0 N–H and O–H groups in total. The van der Waals surface area contributed by atoms with E-state index in [1.165, 1.54) is 25.3 Å². The molecule has 2 heterocycles. The lowest BCUT2D eigenvalue weighted by Crippen LogP contribution is -2.57. The summed E-state index contributed by atoms with van der Waals surface area (Å²) in [6.45, 7) is 11.3. The first-order chi connectivity index (χ1) is 16.1. The summed E-state index contributed by atoms with van der Waals surface area (Å²) in [7, 11) is 0. The van der Waals surface area contributed by atoms with Crippen molar-refractivity contribution in [1.82, 2.24) is 0 Å². The van der Waals surface area contributed by atoms with Gasteiger partial charge in [0, 0.05) is 30.6 Å². The molecule has 34 heavy (non-hydrogen) atoms. The largest absolute Gasteiger partial charge is 0.489 e. The lowest BCUT2D eigenvalue weighted by molar-refractivity contribution is -0.165. The molecule has 5 nitrogen and oxygen atoms in total. The standard InChI is InChI=1S/C29H40O5/c1-15-10-24(32-14-15)27-16(2)26-23(34-27)12-22-20-7-6-18-11-19(33-17(3)30)8-9-28(18,4)21(20)13-25(31)29(22,26)5/h10,15,18-23,26H,6-9,11-14H2,1-5H3/t15-,18+,19+,20-,21+,22+,23+,26+,28+,29-/m1/s1. The summed E-state index contributed by atoms with van der Waals surface area (Å²) in [5.74, 6) is 4.63. The second-order valence-corrected chi connectivity index (χ2v) is 12.8. The van der Waals surface area contributed by atoms with Gasteiger partial charge >= 0.3 is 5.97 Å². The quantitative estimate of drug-likeness (QED) is 0.495. The van der Waals surface area contributed by atoms with Gasteiger partial charge in [-0.2, -0.15) is 0 Å². The zero-order valence-electron chi connectivity index (χ0n) is 21.4. The molecular formula is C29H40O5. The number of fused-ring (bicyclic) bond motifs is 7. The number of esters is 1. The molecular weight excluding hydrogens is 428 g/mol. The van der Waals surface area contributed by atoms with Crippen molar-refractivity contribution in [3.05, 3.63) is 23.2 Å². The molecule has 0 aromatic carbocycles. The van der Waals surface area contributed by atoms with E-state index in [2.05, 4.69) is 33.8 Å². The van der Waals surface area contributed by atoms with Crippen molar-refractivity contribution in [3.63, 3.8) is 0 Å². The second-order valence-electron chi connectivity index (χ2n) is 12.8. The highest BCUT2D eigenvalue weighted by atomic mass is 16.5. The van der Waals surface area contributed by atoms with Crippen LogP contribution in [0.2, 0.25) is 0 Å². The number of hydrogen-bond acceptors (Lipinski definition) is 5. The van der Waals surface area contributed by atoms with E-state index in [0.29, 0.717) is 48.4 Å². The van der Waals surface area contributed by atoms with Crippen LogP contribution < -0.4 is 0 Å². The molecule has 186 valence electrons. The summed E-state index contributed by atoms with van der Waals surface area (Å²) >= 11 is 0. The van der Waals surface area contributed by atoms with Crippen molar-refractivity contribution in [2.75, 3.05) is 6.61 Å². The average Bonchev–Trinajstić information content (AvgIpc) is 3.43. The van der Waals surface area contributed by atoms with Gasteiger partial charge in [0.15, 0.2) is 11.5 Å². The van der Waals surface area contributed by atoms with E-state index >= 15 is 0 Å². The summed E-state index contributed by atoms with van der Waals surface area (Å²) in [5.41, 5.74) is 1.06. The molecule has 6 rings (SSSR count). The van der Waals surface area contributed by atoms with Crippen LogP contribution in [0.25, 0.3) is 0 Å². The molecule has 0 amide bonds. The maximum atomic E-state index is 14.1. The Bertz CT molecular complexity index is 979. The monoisotopic (exact) mass is 468 g/mol. The van der Waals surface area contributed by atoms with E-state index in [1.807, 2.05) is 0 Å². The molecule has 2 aliphatic heterocycles. The Hall–Kier alpha value is -1.78. The third kappa shape index (κ3) is 3.03. The molecule has 0 aromatic heterocycles. The van der Waals surface area contributed by atoms with E-state index in [0.717, 1.165) is 37.2 Å². The third-order valence-corrected chi connectivity index (χ3v) is 11.1. The van der Waals surface area contributed by atoms with Crippen LogP contribution in [0.15, 0.2) is 23.2 Å². The molecule has 4 saturated carbocycles. The van der Waals surface area contributed by atoms with Gasteiger partial charge < -0.3 is 14.2 Å². The predicted molar refractivity (Wildman–Crippen MR) is 127 cm³/mol. The highest BCUT2D eigenvalue weighted by molar-refractivity contribution is 5.87. The summed E-state index contributed by atoms with van der Waals surface area (Å²) in [5, 5.41) is 0. The Morgan fingerprint density at radius 2 is 1.94 bits per heavy atom. The molecule has 5 heteroatoms. The Balaban J connectivity index is 1.27. The van der Waals surface area contributed by atoms with Crippen LogP contribution in [0.5, 0.6) is 0 Å². The smallest absolute Gasteiger partial charge is 0.302 e. The Kier molecular flexibility index (Phi) is 5.07. The lowest BCUT2D eigenvalue weighted by atomic mass is 9.44. The molecule has 6 aliphatic rings. The summed E-state index contributed by atoms with van der Waals surface area (Å²) in [6.07, 6.45) is 9.32. The molecule has 0 radical (unpaired) electrons. The van der Waals surface area contributed by atoms with Crippen LogP contribution in [0.1, 0.15) is 79.6 Å². The first-order valence-corrected chi connectivity index (χ1v) is 13.6. The summed E-state index contributed by atoms with van der Waals surface area (Å²) in [4.78, 5) is 25.6. The molecule has 4 fully saturated rings. The van der Waals surface area contributed by atoms with Crippen molar-refractivity contribution in [1.29, 1.82) is 0 Å².